The number of nitrogens with one attached hydrogen (secondary N) is 1. The first kappa shape index (κ1) is 14.7. The fourth-order valence-corrected chi connectivity index (χ4v) is 2.66. The second-order valence-corrected chi connectivity index (χ2v) is 4.85. The van der Waals surface area contributed by atoms with E-state index in [1.807, 2.05) is 11.8 Å². The van der Waals surface area contributed by atoms with Crippen molar-refractivity contribution in [3.63, 3.8) is 0 Å². The molecule has 0 spiro atoms. The molecule has 1 aliphatic rings. The van der Waals surface area contributed by atoms with Gasteiger partial charge in [0.15, 0.2) is 0 Å². The van der Waals surface area contributed by atoms with Crippen LogP contribution >= 0.6 is 24.2 Å². The summed E-state index contributed by atoms with van der Waals surface area (Å²) >= 11 is 1.82. The molecule has 1 aromatic rings. The van der Waals surface area contributed by atoms with E-state index >= 15 is 0 Å². The lowest BCUT2D eigenvalue weighted by atomic mass is 10.1. The molecule has 1 saturated heterocycles. The first-order valence-electron chi connectivity index (χ1n) is 5.05. The maximum atomic E-state index is 12.3. The van der Waals surface area contributed by atoms with E-state index < -0.39 is 11.7 Å². The number of halogens is 4. The SMILES string of the molecule is Cl.FC(F)(F)c1ccc(C2CSCCN2)cc1. The largest absolute Gasteiger partial charge is 0.416 e. The molecule has 0 aliphatic carbocycles. The summed E-state index contributed by atoms with van der Waals surface area (Å²) < 4.78 is 37.0. The summed E-state index contributed by atoms with van der Waals surface area (Å²) in [5.41, 5.74) is 0.347. The third kappa shape index (κ3) is 3.79. The Bertz CT molecular complexity index is 347. The van der Waals surface area contributed by atoms with Crippen LogP contribution in [0.2, 0.25) is 0 Å². The molecule has 1 heterocycles. The van der Waals surface area contributed by atoms with Gasteiger partial charge in [0.2, 0.25) is 0 Å². The van der Waals surface area contributed by atoms with E-state index in [1.165, 1.54) is 0 Å². The number of hydrogen-bond donors (Lipinski definition) is 1. The molecule has 2 rings (SSSR count). The molecule has 0 amide bonds. The Morgan fingerprint density at radius 3 is 2.29 bits per heavy atom. The van der Waals surface area contributed by atoms with Crippen LogP contribution in [0.1, 0.15) is 17.2 Å². The third-order valence-electron chi connectivity index (χ3n) is 2.56. The molecule has 1 fully saturated rings. The zero-order chi connectivity index (χ0) is 11.6. The highest BCUT2D eigenvalue weighted by Crippen LogP contribution is 2.30. The molecule has 1 atom stereocenters. The fourth-order valence-electron chi connectivity index (χ4n) is 1.68. The van der Waals surface area contributed by atoms with Crippen molar-refractivity contribution in [1.82, 2.24) is 5.32 Å². The zero-order valence-corrected chi connectivity index (χ0v) is 10.6. The first-order valence-corrected chi connectivity index (χ1v) is 6.21. The van der Waals surface area contributed by atoms with Gasteiger partial charge in [-0.3, -0.25) is 0 Å². The summed E-state index contributed by atoms with van der Waals surface area (Å²) in [6.07, 6.45) is -4.24. The predicted octanol–water partition coefficient (Wildman–Crippen LogP) is 3.50. The van der Waals surface area contributed by atoms with E-state index in [-0.39, 0.29) is 18.4 Å². The van der Waals surface area contributed by atoms with E-state index in [0.29, 0.717) is 0 Å². The number of benzene rings is 1. The molecular formula is C11H13ClF3NS. The molecule has 0 saturated carbocycles. The Labute approximate surface area is 109 Å². The van der Waals surface area contributed by atoms with E-state index in [9.17, 15) is 13.2 Å². The minimum absolute atomic E-state index is 0. The lowest BCUT2D eigenvalue weighted by molar-refractivity contribution is -0.137. The van der Waals surface area contributed by atoms with E-state index in [0.717, 1.165) is 35.7 Å². The molecule has 1 nitrogen and oxygen atoms in total. The van der Waals surface area contributed by atoms with Crippen molar-refractivity contribution >= 4 is 24.2 Å². The lowest BCUT2D eigenvalue weighted by Crippen LogP contribution is -2.30. The van der Waals surface area contributed by atoms with Crippen molar-refractivity contribution < 1.29 is 13.2 Å². The van der Waals surface area contributed by atoms with Crippen LogP contribution in [0.3, 0.4) is 0 Å². The molecule has 0 radical (unpaired) electrons. The van der Waals surface area contributed by atoms with Crippen LogP contribution in [-0.2, 0) is 6.18 Å². The van der Waals surface area contributed by atoms with Crippen LogP contribution < -0.4 is 5.32 Å². The molecular weight excluding hydrogens is 271 g/mol. The van der Waals surface area contributed by atoms with Crippen molar-refractivity contribution in [2.24, 2.45) is 0 Å². The molecule has 6 heteroatoms. The topological polar surface area (TPSA) is 12.0 Å². The summed E-state index contributed by atoms with van der Waals surface area (Å²) in [7, 11) is 0. The first-order chi connectivity index (χ1) is 7.57. The molecule has 1 aliphatic heterocycles. The van der Waals surface area contributed by atoms with Gasteiger partial charge in [0.05, 0.1) is 5.56 Å². The smallest absolute Gasteiger partial charge is 0.308 e. The predicted molar refractivity (Wildman–Crippen MR) is 66.8 cm³/mol. The second kappa shape index (κ2) is 5.98. The molecule has 0 aromatic heterocycles. The molecule has 17 heavy (non-hydrogen) atoms. The summed E-state index contributed by atoms with van der Waals surface area (Å²) in [5, 5.41) is 3.29. The molecule has 1 N–H and O–H groups in total. The van der Waals surface area contributed by atoms with E-state index in [2.05, 4.69) is 5.32 Å². The second-order valence-electron chi connectivity index (χ2n) is 3.70. The number of rotatable bonds is 1. The Morgan fingerprint density at radius 1 is 1.18 bits per heavy atom. The number of alkyl halides is 3. The number of thioether (sulfide) groups is 1. The van der Waals surface area contributed by atoms with Crippen LogP contribution in [0.15, 0.2) is 24.3 Å². The van der Waals surface area contributed by atoms with Crippen molar-refractivity contribution in [3.05, 3.63) is 35.4 Å². The summed E-state index contributed by atoms with van der Waals surface area (Å²) in [4.78, 5) is 0. The summed E-state index contributed by atoms with van der Waals surface area (Å²) in [5.74, 6) is 1.99. The van der Waals surface area contributed by atoms with Gasteiger partial charge in [-0.25, -0.2) is 0 Å². The van der Waals surface area contributed by atoms with E-state index in [1.54, 1.807) is 12.1 Å². The maximum absolute atomic E-state index is 12.3. The number of hydrogen-bond acceptors (Lipinski definition) is 2. The molecule has 1 aromatic carbocycles. The van der Waals surface area contributed by atoms with Crippen LogP contribution in [0, 0.1) is 0 Å². The van der Waals surface area contributed by atoms with Crippen LogP contribution in [0.5, 0.6) is 0 Å². The van der Waals surface area contributed by atoms with Gasteiger partial charge in [0.25, 0.3) is 0 Å². The van der Waals surface area contributed by atoms with Crippen molar-refractivity contribution in [1.29, 1.82) is 0 Å². The Balaban J connectivity index is 0.00000144. The molecule has 96 valence electrons. The molecule has 0 bridgehead atoms. The minimum atomic E-state index is -4.24. The van der Waals surface area contributed by atoms with Crippen LogP contribution in [-0.4, -0.2) is 18.1 Å². The monoisotopic (exact) mass is 283 g/mol. The van der Waals surface area contributed by atoms with Gasteiger partial charge in [-0.2, -0.15) is 24.9 Å². The molecule has 1 unspecified atom stereocenters. The van der Waals surface area contributed by atoms with Gasteiger partial charge < -0.3 is 5.32 Å². The third-order valence-corrected chi connectivity index (χ3v) is 3.62. The Morgan fingerprint density at radius 2 is 1.82 bits per heavy atom. The highest BCUT2D eigenvalue weighted by atomic mass is 35.5. The van der Waals surface area contributed by atoms with Gasteiger partial charge in [-0.05, 0) is 17.7 Å². The average molecular weight is 284 g/mol. The lowest BCUT2D eigenvalue weighted by Gasteiger charge is -2.23. The summed E-state index contributed by atoms with van der Waals surface area (Å²) in [6, 6.07) is 5.60. The zero-order valence-electron chi connectivity index (χ0n) is 8.96. The van der Waals surface area contributed by atoms with Gasteiger partial charge >= 0.3 is 6.18 Å². The van der Waals surface area contributed by atoms with Gasteiger partial charge in [0.1, 0.15) is 0 Å². The fraction of sp³-hybridized carbons (Fsp3) is 0.455. The Hall–Kier alpha value is -0.390. The highest BCUT2D eigenvalue weighted by Gasteiger charge is 2.30. The van der Waals surface area contributed by atoms with Crippen LogP contribution in [0.4, 0.5) is 13.2 Å². The normalized spacial score (nSPS) is 20.8. The Kier molecular flexibility index (Phi) is 5.16. The van der Waals surface area contributed by atoms with E-state index in [4.69, 9.17) is 0 Å². The maximum Gasteiger partial charge on any atom is 0.416 e. The van der Waals surface area contributed by atoms with Gasteiger partial charge in [-0.15, -0.1) is 12.4 Å². The van der Waals surface area contributed by atoms with Gasteiger partial charge in [0, 0.05) is 24.1 Å². The minimum Gasteiger partial charge on any atom is -0.308 e. The van der Waals surface area contributed by atoms with Crippen molar-refractivity contribution in [2.45, 2.75) is 12.2 Å². The summed E-state index contributed by atoms with van der Waals surface area (Å²) in [6.45, 7) is 0.913. The van der Waals surface area contributed by atoms with Crippen molar-refractivity contribution in [3.8, 4) is 0 Å². The average Bonchev–Trinajstić information content (AvgIpc) is 2.29. The highest BCUT2D eigenvalue weighted by molar-refractivity contribution is 7.99. The quantitative estimate of drug-likeness (QED) is 0.846. The van der Waals surface area contributed by atoms with Gasteiger partial charge in [-0.1, -0.05) is 12.1 Å². The standard InChI is InChI=1S/C11H12F3NS.ClH/c12-11(13,14)9-3-1-8(2-4-9)10-7-16-6-5-15-10;/h1-4,10,15H,5-7H2;1H. The van der Waals surface area contributed by atoms with Crippen LogP contribution in [0.25, 0.3) is 0 Å². The van der Waals surface area contributed by atoms with Crippen molar-refractivity contribution in [2.75, 3.05) is 18.1 Å².